The van der Waals surface area contributed by atoms with E-state index in [4.69, 9.17) is 10.5 Å². The van der Waals surface area contributed by atoms with Crippen LogP contribution in [0.1, 0.15) is 41.5 Å². The molecule has 1 aromatic carbocycles. The lowest BCUT2D eigenvalue weighted by Crippen LogP contribution is -2.43. The van der Waals surface area contributed by atoms with E-state index in [9.17, 15) is 19.2 Å². The molecular weight excluding hydrogens is 340 g/mol. The number of hydrogen-bond donors (Lipinski definition) is 2. The third-order valence-electron chi connectivity index (χ3n) is 3.77. The number of fused-ring (bicyclic) bond motifs is 1. The van der Waals surface area contributed by atoms with Gasteiger partial charge in [0.1, 0.15) is 0 Å². The second kappa shape index (κ2) is 7.96. The predicted molar refractivity (Wildman–Crippen MR) is 93.9 cm³/mol. The van der Waals surface area contributed by atoms with Crippen LogP contribution in [0, 0.1) is 0 Å². The lowest BCUT2D eigenvalue weighted by Gasteiger charge is -2.19. The maximum absolute atomic E-state index is 12.4. The lowest BCUT2D eigenvalue weighted by atomic mass is 10.1. The number of ether oxygens (including phenoxy) is 1. The first kappa shape index (κ1) is 19.4. The topological polar surface area (TPSA) is 122 Å². The monoisotopic (exact) mass is 362 g/mol. The Morgan fingerprint density at radius 3 is 2.46 bits per heavy atom. The van der Waals surface area contributed by atoms with Gasteiger partial charge in [-0.15, -0.1) is 0 Å². The molecule has 0 fully saturated rings. The van der Waals surface area contributed by atoms with E-state index in [1.807, 2.05) is 0 Å². The Hall–Kier alpha value is -2.94. The zero-order valence-electron chi connectivity index (χ0n) is 14.9. The van der Waals surface area contributed by atoms with Gasteiger partial charge in [-0.3, -0.25) is 14.5 Å². The van der Waals surface area contributed by atoms with Gasteiger partial charge in [0.2, 0.25) is 0 Å². The highest BCUT2D eigenvalue weighted by molar-refractivity contribution is 6.22. The van der Waals surface area contributed by atoms with Gasteiger partial charge in [-0.25, -0.2) is 14.5 Å². The van der Waals surface area contributed by atoms with Crippen molar-refractivity contribution in [1.29, 1.82) is 0 Å². The Bertz CT molecular complexity index is 747. The Kier molecular flexibility index (Phi) is 5.93. The van der Waals surface area contributed by atoms with Crippen LogP contribution in [0.2, 0.25) is 0 Å². The number of imide groups is 2. The summed E-state index contributed by atoms with van der Waals surface area (Å²) < 4.78 is 4.83. The molecule has 1 heterocycles. The summed E-state index contributed by atoms with van der Waals surface area (Å²) in [6.07, 6.45) is -0.811. The summed E-state index contributed by atoms with van der Waals surface area (Å²) in [4.78, 5) is 50.9. The lowest BCUT2D eigenvalue weighted by molar-refractivity contribution is 0.0608. The van der Waals surface area contributed by atoms with E-state index in [1.165, 1.54) is 18.2 Å². The number of urea groups is 1. The van der Waals surface area contributed by atoms with E-state index in [2.05, 4.69) is 5.32 Å². The minimum Gasteiger partial charge on any atom is -0.449 e. The molecule has 0 unspecified atom stereocenters. The van der Waals surface area contributed by atoms with Gasteiger partial charge in [-0.1, -0.05) is 0 Å². The van der Waals surface area contributed by atoms with E-state index in [1.54, 1.807) is 20.8 Å². The van der Waals surface area contributed by atoms with Crippen molar-refractivity contribution in [2.45, 2.75) is 26.8 Å². The molecule has 1 aromatic rings. The first-order valence-electron chi connectivity index (χ1n) is 8.29. The van der Waals surface area contributed by atoms with Crippen molar-refractivity contribution in [2.75, 3.05) is 25.0 Å². The number of anilines is 1. The third kappa shape index (κ3) is 3.67. The summed E-state index contributed by atoms with van der Waals surface area (Å²) in [5, 5.41) is 2.52. The van der Waals surface area contributed by atoms with Gasteiger partial charge < -0.3 is 15.8 Å². The van der Waals surface area contributed by atoms with Gasteiger partial charge in [0.05, 0.1) is 17.7 Å². The fraction of sp³-hybridized carbons (Fsp3) is 0.412. The van der Waals surface area contributed by atoms with Crippen LogP contribution in [0.3, 0.4) is 0 Å². The molecule has 140 valence electrons. The first-order valence-corrected chi connectivity index (χ1v) is 8.29. The number of hydrogen-bond acceptors (Lipinski definition) is 6. The van der Waals surface area contributed by atoms with E-state index < -0.39 is 18.0 Å². The molecular formula is C17H22N4O5. The predicted octanol–water partition coefficient (Wildman–Crippen LogP) is 1.64. The summed E-state index contributed by atoms with van der Waals surface area (Å²) in [5.41, 5.74) is 6.21. The highest BCUT2D eigenvalue weighted by Gasteiger charge is 2.37. The maximum Gasteiger partial charge on any atom is 0.418 e. The Morgan fingerprint density at radius 2 is 1.88 bits per heavy atom. The molecule has 0 saturated carbocycles. The molecule has 0 spiro atoms. The summed E-state index contributed by atoms with van der Waals surface area (Å²) in [6.45, 7) is 5.29. The molecule has 0 radical (unpaired) electrons. The Labute approximate surface area is 151 Å². The molecule has 0 saturated heterocycles. The molecule has 0 atom stereocenters. The van der Waals surface area contributed by atoms with Crippen LogP contribution in [0.4, 0.5) is 15.3 Å². The zero-order chi connectivity index (χ0) is 19.4. The minimum atomic E-state index is -0.811. The van der Waals surface area contributed by atoms with Gasteiger partial charge in [0.25, 0.3) is 11.8 Å². The molecule has 1 aliphatic heterocycles. The molecule has 0 aliphatic carbocycles. The van der Waals surface area contributed by atoms with Gasteiger partial charge >= 0.3 is 12.1 Å². The number of nitrogens with one attached hydrogen (secondary N) is 1. The van der Waals surface area contributed by atoms with Crippen molar-refractivity contribution in [1.82, 2.24) is 9.80 Å². The largest absolute Gasteiger partial charge is 0.449 e. The van der Waals surface area contributed by atoms with E-state index in [0.29, 0.717) is 0 Å². The number of carbonyl (C=O) groups is 4. The molecule has 26 heavy (non-hydrogen) atoms. The molecule has 0 aromatic heterocycles. The van der Waals surface area contributed by atoms with Gasteiger partial charge in [0, 0.05) is 24.8 Å². The summed E-state index contributed by atoms with van der Waals surface area (Å²) in [6, 6.07) is 3.39. The fourth-order valence-corrected chi connectivity index (χ4v) is 2.60. The van der Waals surface area contributed by atoms with Crippen LogP contribution in [0.5, 0.6) is 0 Å². The number of benzene rings is 1. The molecule has 0 bridgehead atoms. The number of rotatable bonds is 5. The number of amides is 5. The second-order valence-electron chi connectivity index (χ2n) is 5.90. The zero-order valence-corrected chi connectivity index (χ0v) is 14.9. The summed E-state index contributed by atoms with van der Waals surface area (Å²) >= 11 is 0. The van der Waals surface area contributed by atoms with Crippen molar-refractivity contribution >= 4 is 29.6 Å². The summed E-state index contributed by atoms with van der Waals surface area (Å²) in [5.74, 6) is -0.783. The van der Waals surface area contributed by atoms with Crippen molar-refractivity contribution in [3.05, 3.63) is 29.3 Å². The molecule has 9 heteroatoms. The Balaban J connectivity index is 2.22. The average molecular weight is 362 g/mol. The van der Waals surface area contributed by atoms with Crippen LogP contribution in [-0.2, 0) is 4.74 Å². The number of carbonyl (C=O) groups excluding carboxylic acids is 4. The molecule has 5 amide bonds. The van der Waals surface area contributed by atoms with Gasteiger partial charge in [-0.05, 0) is 39.0 Å². The average Bonchev–Trinajstić information content (AvgIpc) is 2.83. The van der Waals surface area contributed by atoms with Crippen LogP contribution in [0.25, 0.3) is 0 Å². The van der Waals surface area contributed by atoms with E-state index in [0.717, 1.165) is 9.80 Å². The van der Waals surface area contributed by atoms with Crippen molar-refractivity contribution in [3.63, 3.8) is 0 Å². The Morgan fingerprint density at radius 1 is 1.23 bits per heavy atom. The van der Waals surface area contributed by atoms with Crippen LogP contribution in [0.15, 0.2) is 18.2 Å². The normalized spacial score (nSPS) is 13.0. The van der Waals surface area contributed by atoms with E-state index in [-0.39, 0.29) is 48.5 Å². The smallest absolute Gasteiger partial charge is 0.418 e. The number of nitrogens with zero attached hydrogens (tertiary/aromatic N) is 2. The second-order valence-corrected chi connectivity index (χ2v) is 5.90. The highest BCUT2D eigenvalue weighted by Crippen LogP contribution is 2.27. The molecule has 3 N–H and O–H groups in total. The SMILES string of the molecule is CCOC(=O)N(CCN)C(=O)Nc1ccc2c(c1)C(=O)N(C(C)C)C2=O. The molecule has 2 rings (SSSR count). The minimum absolute atomic E-state index is 0.0197. The van der Waals surface area contributed by atoms with Crippen molar-refractivity contribution in [2.24, 2.45) is 5.73 Å². The van der Waals surface area contributed by atoms with Crippen molar-refractivity contribution in [3.8, 4) is 0 Å². The van der Waals surface area contributed by atoms with Gasteiger partial charge in [-0.2, -0.15) is 0 Å². The van der Waals surface area contributed by atoms with Gasteiger partial charge in [0.15, 0.2) is 0 Å². The third-order valence-corrected chi connectivity index (χ3v) is 3.77. The molecule has 9 nitrogen and oxygen atoms in total. The molecule has 1 aliphatic rings. The quantitative estimate of drug-likeness (QED) is 0.768. The summed E-state index contributed by atoms with van der Waals surface area (Å²) in [7, 11) is 0. The first-order chi connectivity index (χ1) is 12.3. The maximum atomic E-state index is 12.4. The standard InChI is InChI=1S/C17H22N4O5/c1-4-26-17(25)20(8-7-18)16(24)19-11-5-6-12-13(9-11)15(23)21(10(2)3)14(12)22/h5-6,9-10H,4,7-8,18H2,1-3H3,(H,19,24). The highest BCUT2D eigenvalue weighted by atomic mass is 16.6. The number of nitrogens with two attached hydrogens (primary N) is 1. The van der Waals surface area contributed by atoms with Crippen LogP contribution >= 0.6 is 0 Å². The van der Waals surface area contributed by atoms with E-state index >= 15 is 0 Å². The van der Waals surface area contributed by atoms with Crippen molar-refractivity contribution < 1.29 is 23.9 Å². The van der Waals surface area contributed by atoms with Crippen LogP contribution in [-0.4, -0.2) is 59.5 Å². The fourth-order valence-electron chi connectivity index (χ4n) is 2.60. The van der Waals surface area contributed by atoms with Crippen LogP contribution < -0.4 is 11.1 Å².